The number of nitrogens with zero attached hydrogens (tertiary/aromatic N) is 6. The number of carbonyl (C=O) groups excluding carboxylic acids is 3. The average Bonchev–Trinajstić information content (AvgIpc) is 3.45. The Balaban J connectivity index is 1.45. The Morgan fingerprint density at radius 3 is 2.66 bits per heavy atom. The van der Waals surface area contributed by atoms with Gasteiger partial charge in [-0.3, -0.25) is 14.4 Å². The van der Waals surface area contributed by atoms with Gasteiger partial charge in [0, 0.05) is 20.1 Å². The number of ether oxygens (including phenoxy) is 1. The first-order valence-electron chi connectivity index (χ1n) is 13.1. The fraction of sp³-hybridized carbons (Fsp3) is 0.519. The molecule has 11 heteroatoms. The molecular weight excluding hydrogens is 488 g/mol. The third-order valence-electron chi connectivity index (χ3n) is 8.42. The van der Waals surface area contributed by atoms with Crippen molar-refractivity contribution in [3.05, 3.63) is 48.6 Å². The lowest BCUT2D eigenvalue weighted by Crippen LogP contribution is -2.59. The van der Waals surface area contributed by atoms with Crippen LogP contribution >= 0.6 is 0 Å². The molecule has 11 nitrogen and oxygen atoms in total. The first kappa shape index (κ1) is 24.7. The molecule has 6 rings (SSSR count). The molecule has 6 atom stereocenters. The lowest BCUT2D eigenvalue weighted by Gasteiger charge is -2.39. The van der Waals surface area contributed by atoms with E-state index in [0.29, 0.717) is 12.1 Å². The van der Waals surface area contributed by atoms with E-state index in [9.17, 15) is 19.5 Å². The van der Waals surface area contributed by atoms with E-state index in [-0.39, 0.29) is 43.5 Å². The molecule has 0 bridgehead atoms. The van der Waals surface area contributed by atoms with Crippen molar-refractivity contribution in [1.82, 2.24) is 29.7 Å². The van der Waals surface area contributed by atoms with E-state index < -0.39 is 35.6 Å². The van der Waals surface area contributed by atoms with Gasteiger partial charge in [0.15, 0.2) is 0 Å². The van der Waals surface area contributed by atoms with Gasteiger partial charge < -0.3 is 24.5 Å². The molecule has 200 valence electrons. The highest BCUT2D eigenvalue weighted by Crippen LogP contribution is 2.54. The van der Waals surface area contributed by atoms with Crippen LogP contribution in [-0.2, 0) is 25.8 Å². The van der Waals surface area contributed by atoms with Crippen LogP contribution in [0.15, 0.2) is 48.6 Å². The Kier molecular flexibility index (Phi) is 5.88. The van der Waals surface area contributed by atoms with Crippen LogP contribution < -0.4 is 0 Å². The van der Waals surface area contributed by atoms with Crippen LogP contribution in [0.3, 0.4) is 0 Å². The van der Waals surface area contributed by atoms with E-state index in [4.69, 9.17) is 4.74 Å². The van der Waals surface area contributed by atoms with Gasteiger partial charge >= 0.3 is 0 Å². The second-order valence-electron chi connectivity index (χ2n) is 10.9. The van der Waals surface area contributed by atoms with Gasteiger partial charge in [0.05, 0.1) is 36.1 Å². The number of likely N-dealkylation sites (N-methyl/N-ethyl adjacent to an activating group) is 1. The van der Waals surface area contributed by atoms with E-state index in [2.05, 4.69) is 10.3 Å². The topological polar surface area (TPSA) is 121 Å². The van der Waals surface area contributed by atoms with Gasteiger partial charge in [-0.15, -0.1) is 5.10 Å². The molecule has 0 radical (unpaired) electrons. The number of benzene rings is 1. The fourth-order valence-electron chi connectivity index (χ4n) is 6.54. The molecule has 1 aromatic carbocycles. The van der Waals surface area contributed by atoms with Crippen LogP contribution in [0.5, 0.6) is 0 Å². The summed E-state index contributed by atoms with van der Waals surface area (Å²) in [5.41, 5.74) is 0.172. The largest absolute Gasteiger partial charge is 0.394 e. The minimum absolute atomic E-state index is 0.128. The molecule has 3 amide bonds. The summed E-state index contributed by atoms with van der Waals surface area (Å²) < 4.78 is 8.27. The van der Waals surface area contributed by atoms with Crippen LogP contribution in [0.1, 0.15) is 13.8 Å². The zero-order valence-corrected chi connectivity index (χ0v) is 21.7. The molecule has 4 aliphatic heterocycles. The Morgan fingerprint density at radius 2 is 1.89 bits per heavy atom. The fourth-order valence-corrected chi connectivity index (χ4v) is 6.54. The highest BCUT2D eigenvalue weighted by molar-refractivity contribution is 6.00. The van der Waals surface area contributed by atoms with E-state index in [1.807, 2.05) is 62.4 Å². The summed E-state index contributed by atoms with van der Waals surface area (Å²) in [4.78, 5) is 46.8. The summed E-state index contributed by atoms with van der Waals surface area (Å²) in [5.74, 6) is -2.60. The SMILES string of the molecule is CC(C)[C@H](CO)N1C(=O)[C@@H]2[C@H]3C(=O)N(C)CC=C[C@H]3O[C@@]23C=CCN(Cn2nnc4ccccc42)C(=O)C13. The lowest BCUT2D eigenvalue weighted by molar-refractivity contribution is -0.153. The maximum atomic E-state index is 14.4. The third kappa shape index (κ3) is 3.45. The van der Waals surface area contributed by atoms with Gasteiger partial charge in [0.2, 0.25) is 11.8 Å². The van der Waals surface area contributed by atoms with E-state index >= 15 is 0 Å². The van der Waals surface area contributed by atoms with Crippen LogP contribution in [0.4, 0.5) is 0 Å². The highest BCUT2D eigenvalue weighted by atomic mass is 16.5. The second-order valence-corrected chi connectivity index (χ2v) is 10.9. The zero-order valence-electron chi connectivity index (χ0n) is 21.7. The van der Waals surface area contributed by atoms with Crippen molar-refractivity contribution < 1.29 is 24.2 Å². The molecule has 2 saturated heterocycles. The standard InChI is InChI=1S/C27H32N6O5/c1-16(2)19(14-34)33-23-26(37)31(15-32-18-9-5-4-8-17(18)28-29-32)13-7-11-27(23)22(25(33)36)21-20(38-27)10-6-12-30(3)24(21)35/h4-11,16,19-23,34H,12-15H2,1-3H3/t19-,20+,21-,22-,23?,27-/m0/s1. The summed E-state index contributed by atoms with van der Waals surface area (Å²) in [6, 6.07) is 5.85. The van der Waals surface area contributed by atoms with Gasteiger partial charge in [0.1, 0.15) is 23.8 Å². The first-order valence-corrected chi connectivity index (χ1v) is 13.1. The molecule has 4 aliphatic rings. The minimum Gasteiger partial charge on any atom is -0.394 e. The maximum Gasteiger partial charge on any atom is 0.250 e. The Morgan fingerprint density at radius 1 is 1.11 bits per heavy atom. The van der Waals surface area contributed by atoms with Gasteiger partial charge in [-0.1, -0.05) is 55.5 Å². The maximum absolute atomic E-state index is 14.4. The number of fused-ring (bicyclic) bond motifs is 3. The monoisotopic (exact) mass is 520 g/mol. The van der Waals surface area contributed by atoms with E-state index in [1.165, 1.54) is 4.90 Å². The quantitative estimate of drug-likeness (QED) is 0.567. The predicted octanol–water partition coefficient (Wildman–Crippen LogP) is 0.413. The van der Waals surface area contributed by atoms with Gasteiger partial charge in [-0.05, 0) is 18.1 Å². The van der Waals surface area contributed by atoms with Crippen molar-refractivity contribution in [1.29, 1.82) is 0 Å². The number of hydrogen-bond donors (Lipinski definition) is 1. The molecule has 1 aromatic heterocycles. The average molecular weight is 521 g/mol. The third-order valence-corrected chi connectivity index (χ3v) is 8.42. The lowest BCUT2D eigenvalue weighted by atomic mass is 9.77. The van der Waals surface area contributed by atoms with Crippen LogP contribution in [0, 0.1) is 17.8 Å². The van der Waals surface area contributed by atoms with Crippen molar-refractivity contribution >= 4 is 28.8 Å². The molecular formula is C27H32N6O5. The number of aromatic nitrogens is 3. The van der Waals surface area contributed by atoms with Gasteiger partial charge in [-0.25, -0.2) is 4.68 Å². The van der Waals surface area contributed by atoms with Crippen LogP contribution in [-0.4, -0.2) is 103 Å². The molecule has 2 aromatic rings. The summed E-state index contributed by atoms with van der Waals surface area (Å²) >= 11 is 0. The number of likely N-dealkylation sites (tertiary alicyclic amines) is 1. The van der Waals surface area contributed by atoms with Crippen molar-refractivity contribution in [3.8, 4) is 0 Å². The normalized spacial score (nSPS) is 31.6. The second kappa shape index (κ2) is 9.02. The molecule has 1 spiro atoms. The van der Waals surface area contributed by atoms with Crippen molar-refractivity contribution in [2.75, 3.05) is 26.7 Å². The Labute approximate surface area is 220 Å². The summed E-state index contributed by atoms with van der Waals surface area (Å²) in [5, 5.41) is 18.8. The molecule has 38 heavy (non-hydrogen) atoms. The van der Waals surface area contributed by atoms with Crippen molar-refractivity contribution in [2.45, 2.75) is 44.3 Å². The number of amides is 3. The van der Waals surface area contributed by atoms with Crippen molar-refractivity contribution in [3.63, 3.8) is 0 Å². The van der Waals surface area contributed by atoms with Gasteiger partial charge in [0.25, 0.3) is 5.91 Å². The number of aliphatic hydroxyl groups is 1. The number of hydrogen-bond acceptors (Lipinski definition) is 7. The van der Waals surface area contributed by atoms with Crippen molar-refractivity contribution in [2.24, 2.45) is 17.8 Å². The minimum atomic E-state index is -1.33. The Hall–Kier alpha value is -3.57. The molecule has 1 unspecified atom stereocenters. The highest BCUT2D eigenvalue weighted by Gasteiger charge is 2.72. The number of para-hydroxylation sites is 1. The summed E-state index contributed by atoms with van der Waals surface area (Å²) in [7, 11) is 1.71. The molecule has 2 fully saturated rings. The van der Waals surface area contributed by atoms with Gasteiger partial charge in [-0.2, -0.15) is 0 Å². The summed E-state index contributed by atoms with van der Waals surface area (Å²) in [6.45, 7) is 4.33. The molecule has 0 saturated carbocycles. The first-order chi connectivity index (χ1) is 18.3. The molecule has 1 N–H and O–H groups in total. The molecule has 0 aliphatic carbocycles. The smallest absolute Gasteiger partial charge is 0.250 e. The zero-order chi connectivity index (χ0) is 26.8. The van der Waals surface area contributed by atoms with Crippen LogP contribution in [0.2, 0.25) is 0 Å². The van der Waals surface area contributed by atoms with Crippen LogP contribution in [0.25, 0.3) is 11.0 Å². The number of aliphatic hydroxyl groups excluding tert-OH is 1. The molecule has 5 heterocycles. The van der Waals surface area contributed by atoms with E-state index in [0.717, 1.165) is 5.52 Å². The number of carbonyl (C=O) groups is 3. The predicted molar refractivity (Wildman–Crippen MR) is 136 cm³/mol. The Bertz CT molecular complexity index is 1350. The number of rotatable bonds is 5. The summed E-state index contributed by atoms with van der Waals surface area (Å²) in [6.07, 6.45) is 6.73. The van der Waals surface area contributed by atoms with E-state index in [1.54, 1.807) is 21.5 Å².